The van der Waals surface area contributed by atoms with Gasteiger partial charge in [-0.25, -0.2) is 8.42 Å². The van der Waals surface area contributed by atoms with Crippen molar-refractivity contribution in [2.24, 2.45) is 0 Å². The second kappa shape index (κ2) is 7.11. The maximum absolute atomic E-state index is 12.3. The Labute approximate surface area is 125 Å². The van der Waals surface area contributed by atoms with Crippen LogP contribution in [0.2, 0.25) is 0 Å². The highest BCUT2D eigenvalue weighted by Crippen LogP contribution is 2.17. The number of nitrogen functional groups attached to an aromatic ring is 1. The lowest BCUT2D eigenvalue weighted by Crippen LogP contribution is -2.44. The first-order valence-electron chi connectivity index (χ1n) is 7.00. The molecule has 0 spiro atoms. The van der Waals surface area contributed by atoms with Crippen molar-refractivity contribution in [2.45, 2.75) is 18.9 Å². The molecule has 0 amide bonds. The Morgan fingerprint density at radius 2 is 2.24 bits per heavy atom. The van der Waals surface area contributed by atoms with Crippen LogP contribution in [0.1, 0.15) is 12.8 Å². The third-order valence-electron chi connectivity index (χ3n) is 3.54. The first-order valence-corrected chi connectivity index (χ1v) is 8.61. The Hall–Kier alpha value is -1.31. The maximum atomic E-state index is 12.3. The Bertz CT molecular complexity index is 562. The van der Waals surface area contributed by atoms with Gasteiger partial charge in [0.05, 0.1) is 11.9 Å². The Kier molecular flexibility index (Phi) is 5.44. The molecule has 0 bridgehead atoms. The summed E-state index contributed by atoms with van der Waals surface area (Å²) in [6.07, 6.45) is 1.72. The van der Waals surface area contributed by atoms with Crippen molar-refractivity contribution < 1.29 is 17.9 Å². The largest absolute Gasteiger partial charge is 0.492 e. The van der Waals surface area contributed by atoms with Crippen LogP contribution in [0, 0.1) is 0 Å². The van der Waals surface area contributed by atoms with Crippen LogP contribution in [0.4, 0.5) is 5.69 Å². The number of methoxy groups -OCH3 is 1. The molecule has 0 saturated carbocycles. The molecule has 2 N–H and O–H groups in total. The van der Waals surface area contributed by atoms with E-state index in [9.17, 15) is 8.42 Å². The summed E-state index contributed by atoms with van der Waals surface area (Å²) in [5, 5.41) is 0. The number of hydrogen-bond acceptors (Lipinski definition) is 5. The predicted molar refractivity (Wildman–Crippen MR) is 81.7 cm³/mol. The summed E-state index contributed by atoms with van der Waals surface area (Å²) in [5.74, 6) is 0.539. The lowest BCUT2D eigenvalue weighted by Gasteiger charge is -2.31. The summed E-state index contributed by atoms with van der Waals surface area (Å²) in [4.78, 5) is 0. The molecule has 2 rings (SSSR count). The van der Waals surface area contributed by atoms with Crippen molar-refractivity contribution in [1.29, 1.82) is 0 Å². The number of sulfonamides is 1. The van der Waals surface area contributed by atoms with Gasteiger partial charge in [-0.3, -0.25) is 0 Å². The fourth-order valence-electron chi connectivity index (χ4n) is 2.35. The Morgan fingerprint density at radius 3 is 2.95 bits per heavy atom. The van der Waals surface area contributed by atoms with Crippen LogP contribution in [-0.2, 0) is 14.8 Å². The number of anilines is 1. The van der Waals surface area contributed by atoms with Crippen LogP contribution in [0.5, 0.6) is 5.75 Å². The van der Waals surface area contributed by atoms with Gasteiger partial charge in [-0.1, -0.05) is 6.07 Å². The minimum atomic E-state index is -3.31. The van der Waals surface area contributed by atoms with Gasteiger partial charge in [0.25, 0.3) is 0 Å². The number of ether oxygens (including phenoxy) is 2. The van der Waals surface area contributed by atoms with Crippen molar-refractivity contribution in [1.82, 2.24) is 4.31 Å². The van der Waals surface area contributed by atoms with Gasteiger partial charge in [-0.05, 0) is 25.0 Å². The molecule has 1 aliphatic heterocycles. The average Bonchev–Trinajstić information content (AvgIpc) is 2.47. The quantitative estimate of drug-likeness (QED) is 0.795. The van der Waals surface area contributed by atoms with E-state index >= 15 is 0 Å². The molecule has 1 atom stereocenters. The standard InChI is InChI=1S/C14H22N2O4S/c1-19-14-6-3-7-16(11-14)21(17,18)9-8-20-13-5-2-4-12(15)10-13/h2,4-5,10,14H,3,6-9,11,15H2,1H3. The molecule has 1 aliphatic rings. The number of hydrogen-bond donors (Lipinski definition) is 1. The van der Waals surface area contributed by atoms with Crippen molar-refractivity contribution in [3.8, 4) is 5.75 Å². The molecule has 1 saturated heterocycles. The molecule has 1 heterocycles. The summed E-state index contributed by atoms with van der Waals surface area (Å²) in [5.41, 5.74) is 6.24. The first kappa shape index (κ1) is 16.1. The topological polar surface area (TPSA) is 81.9 Å². The fraction of sp³-hybridized carbons (Fsp3) is 0.571. The van der Waals surface area contributed by atoms with E-state index in [2.05, 4.69) is 0 Å². The van der Waals surface area contributed by atoms with Gasteiger partial charge in [-0.15, -0.1) is 0 Å². The summed E-state index contributed by atoms with van der Waals surface area (Å²) in [7, 11) is -1.69. The summed E-state index contributed by atoms with van der Waals surface area (Å²) in [6.45, 7) is 1.09. The zero-order valence-electron chi connectivity index (χ0n) is 12.2. The SMILES string of the molecule is COC1CCCN(S(=O)(=O)CCOc2cccc(N)c2)C1. The van der Waals surface area contributed by atoms with E-state index < -0.39 is 10.0 Å². The number of rotatable bonds is 6. The predicted octanol–water partition coefficient (Wildman–Crippen LogP) is 1.09. The second-order valence-corrected chi connectivity index (χ2v) is 7.18. The summed E-state index contributed by atoms with van der Waals surface area (Å²) in [6, 6.07) is 6.95. The lowest BCUT2D eigenvalue weighted by atomic mass is 10.1. The summed E-state index contributed by atoms with van der Waals surface area (Å²) < 4.78 is 36.7. The molecule has 118 valence electrons. The molecule has 1 aromatic carbocycles. The van der Waals surface area contributed by atoms with Crippen LogP contribution in [-0.4, -0.2) is 51.4 Å². The molecule has 7 heteroatoms. The Morgan fingerprint density at radius 1 is 1.43 bits per heavy atom. The van der Waals surface area contributed by atoms with Crippen molar-refractivity contribution in [2.75, 3.05) is 38.3 Å². The molecule has 0 aromatic heterocycles. The maximum Gasteiger partial charge on any atom is 0.217 e. The van der Waals surface area contributed by atoms with Crippen LogP contribution in [0.3, 0.4) is 0 Å². The van der Waals surface area contributed by atoms with E-state index in [1.165, 1.54) is 4.31 Å². The van der Waals surface area contributed by atoms with E-state index in [0.717, 1.165) is 12.8 Å². The molecule has 1 fully saturated rings. The first-order chi connectivity index (χ1) is 10.0. The monoisotopic (exact) mass is 314 g/mol. The zero-order chi connectivity index (χ0) is 15.3. The van der Waals surface area contributed by atoms with E-state index in [-0.39, 0.29) is 18.5 Å². The zero-order valence-corrected chi connectivity index (χ0v) is 13.0. The fourth-order valence-corrected chi connectivity index (χ4v) is 3.70. The highest BCUT2D eigenvalue weighted by atomic mass is 32.2. The van der Waals surface area contributed by atoms with Gasteiger partial charge >= 0.3 is 0 Å². The van der Waals surface area contributed by atoms with Gasteiger partial charge in [-0.2, -0.15) is 4.31 Å². The normalized spacial score (nSPS) is 20.3. The van der Waals surface area contributed by atoms with Crippen molar-refractivity contribution >= 4 is 15.7 Å². The van der Waals surface area contributed by atoms with Crippen LogP contribution in [0.15, 0.2) is 24.3 Å². The molecule has 0 aliphatic carbocycles. The van der Waals surface area contributed by atoms with E-state index in [0.29, 0.717) is 24.5 Å². The number of nitrogens with two attached hydrogens (primary N) is 1. The molecule has 0 radical (unpaired) electrons. The summed E-state index contributed by atoms with van der Waals surface area (Å²) >= 11 is 0. The smallest absolute Gasteiger partial charge is 0.217 e. The number of piperidine rings is 1. The molecule has 21 heavy (non-hydrogen) atoms. The van der Waals surface area contributed by atoms with E-state index in [1.54, 1.807) is 31.4 Å². The highest BCUT2D eigenvalue weighted by molar-refractivity contribution is 7.89. The minimum Gasteiger partial charge on any atom is -0.492 e. The Balaban J connectivity index is 1.86. The van der Waals surface area contributed by atoms with Crippen LogP contribution >= 0.6 is 0 Å². The molecular weight excluding hydrogens is 292 g/mol. The van der Waals surface area contributed by atoms with Crippen molar-refractivity contribution in [3.05, 3.63) is 24.3 Å². The van der Waals surface area contributed by atoms with Gasteiger partial charge in [0.15, 0.2) is 0 Å². The molecule has 1 aromatic rings. The third-order valence-corrected chi connectivity index (χ3v) is 5.34. The lowest BCUT2D eigenvalue weighted by molar-refractivity contribution is 0.0571. The van der Waals surface area contributed by atoms with Crippen molar-refractivity contribution in [3.63, 3.8) is 0 Å². The van der Waals surface area contributed by atoms with Gasteiger partial charge < -0.3 is 15.2 Å². The van der Waals surface area contributed by atoms with E-state index in [1.807, 2.05) is 0 Å². The highest BCUT2D eigenvalue weighted by Gasteiger charge is 2.28. The van der Waals surface area contributed by atoms with Crippen LogP contribution < -0.4 is 10.5 Å². The van der Waals surface area contributed by atoms with Gasteiger partial charge in [0.2, 0.25) is 10.0 Å². The minimum absolute atomic E-state index is 0.0108. The molecule has 1 unspecified atom stereocenters. The molecule has 6 nitrogen and oxygen atoms in total. The van der Waals surface area contributed by atoms with Crippen LogP contribution in [0.25, 0.3) is 0 Å². The number of benzene rings is 1. The number of nitrogens with zero attached hydrogens (tertiary/aromatic N) is 1. The third kappa shape index (κ3) is 4.59. The second-order valence-electron chi connectivity index (χ2n) is 5.09. The average molecular weight is 314 g/mol. The van der Waals surface area contributed by atoms with E-state index in [4.69, 9.17) is 15.2 Å². The van der Waals surface area contributed by atoms with Gasteiger partial charge in [0.1, 0.15) is 12.4 Å². The molecular formula is C14H22N2O4S. The van der Waals surface area contributed by atoms with Gasteiger partial charge in [0, 0.05) is 32.0 Å².